The Balaban J connectivity index is 1.56. The first kappa shape index (κ1) is 14.3. The van der Waals surface area contributed by atoms with Crippen LogP contribution >= 0.6 is 0 Å². The zero-order valence-electron chi connectivity index (χ0n) is 13.1. The predicted octanol–water partition coefficient (Wildman–Crippen LogP) is 5.47. The average Bonchev–Trinajstić information content (AvgIpc) is 2.67. The summed E-state index contributed by atoms with van der Waals surface area (Å²) in [6.07, 6.45) is 5.86. The van der Waals surface area contributed by atoms with E-state index in [0.717, 1.165) is 22.3 Å². The fourth-order valence-corrected chi connectivity index (χ4v) is 2.65. The molecule has 0 aliphatic carbocycles. The summed E-state index contributed by atoms with van der Waals surface area (Å²) < 4.78 is 0. The highest BCUT2D eigenvalue weighted by molar-refractivity contribution is 5.77. The molecule has 2 heteroatoms. The van der Waals surface area contributed by atoms with Crippen LogP contribution in [0.25, 0.3) is 34.3 Å². The lowest BCUT2D eigenvalue weighted by Gasteiger charge is -2.02. The number of hydrogen-bond donors (Lipinski definition) is 0. The Morgan fingerprint density at radius 3 is 2.04 bits per heavy atom. The zero-order chi connectivity index (χ0) is 16.2. The van der Waals surface area contributed by atoms with Gasteiger partial charge in [-0.2, -0.15) is 0 Å². The molecule has 1 heterocycles. The standard InChI is InChI=1S/C22H16N2/c1-2-6-18(7-3-1)19-13-10-17(11-14-19)12-15-20-16-23-21-8-4-5-9-22(21)24-20/h1-16H/b15-12+. The maximum absolute atomic E-state index is 4.61. The van der Waals surface area contributed by atoms with Crippen molar-refractivity contribution in [2.75, 3.05) is 0 Å². The first-order valence-corrected chi connectivity index (χ1v) is 7.94. The lowest BCUT2D eigenvalue weighted by atomic mass is 10.0. The summed E-state index contributed by atoms with van der Waals surface area (Å²) in [6.45, 7) is 0. The van der Waals surface area contributed by atoms with Gasteiger partial charge in [-0.05, 0) is 34.9 Å². The molecule has 3 aromatic carbocycles. The van der Waals surface area contributed by atoms with Crippen molar-refractivity contribution >= 4 is 23.2 Å². The summed E-state index contributed by atoms with van der Waals surface area (Å²) in [5, 5.41) is 0. The van der Waals surface area contributed by atoms with Gasteiger partial charge in [-0.3, -0.25) is 4.98 Å². The summed E-state index contributed by atoms with van der Waals surface area (Å²) in [5.74, 6) is 0. The van der Waals surface area contributed by atoms with E-state index in [1.165, 1.54) is 11.1 Å². The molecule has 0 aliphatic heterocycles. The monoisotopic (exact) mass is 308 g/mol. The van der Waals surface area contributed by atoms with E-state index in [2.05, 4.69) is 64.6 Å². The lowest BCUT2D eigenvalue weighted by molar-refractivity contribution is 1.27. The van der Waals surface area contributed by atoms with Crippen LogP contribution in [0.1, 0.15) is 11.3 Å². The number of hydrogen-bond acceptors (Lipinski definition) is 2. The number of benzene rings is 3. The third-order valence-electron chi connectivity index (χ3n) is 3.93. The largest absolute Gasteiger partial charge is 0.252 e. The first-order valence-electron chi connectivity index (χ1n) is 7.94. The summed E-state index contributed by atoms with van der Waals surface area (Å²) in [7, 11) is 0. The molecule has 0 fully saturated rings. The van der Waals surface area contributed by atoms with Crippen LogP contribution in [0.15, 0.2) is 85.1 Å². The van der Waals surface area contributed by atoms with Crippen molar-refractivity contribution < 1.29 is 0 Å². The lowest BCUT2D eigenvalue weighted by Crippen LogP contribution is -1.86. The summed E-state index contributed by atoms with van der Waals surface area (Å²) in [6, 6.07) is 26.8. The second-order valence-electron chi connectivity index (χ2n) is 5.60. The van der Waals surface area contributed by atoms with Crippen molar-refractivity contribution in [2.45, 2.75) is 0 Å². The van der Waals surface area contributed by atoms with Crippen LogP contribution in [0.5, 0.6) is 0 Å². The molecule has 0 saturated carbocycles. The minimum absolute atomic E-state index is 0.862. The van der Waals surface area contributed by atoms with Gasteiger partial charge in [-0.25, -0.2) is 4.98 Å². The van der Waals surface area contributed by atoms with Gasteiger partial charge in [-0.1, -0.05) is 72.8 Å². The molecule has 0 amide bonds. The van der Waals surface area contributed by atoms with E-state index in [9.17, 15) is 0 Å². The maximum atomic E-state index is 4.61. The molecule has 0 radical (unpaired) electrons. The molecule has 0 saturated heterocycles. The highest BCUT2D eigenvalue weighted by atomic mass is 14.8. The first-order chi connectivity index (χ1) is 11.9. The van der Waals surface area contributed by atoms with Gasteiger partial charge in [0.1, 0.15) is 0 Å². The minimum atomic E-state index is 0.862. The van der Waals surface area contributed by atoms with Gasteiger partial charge < -0.3 is 0 Å². The molecule has 1 aromatic heterocycles. The summed E-state index contributed by atoms with van der Waals surface area (Å²) >= 11 is 0. The van der Waals surface area contributed by atoms with Crippen LogP contribution in [0, 0.1) is 0 Å². The molecule has 0 N–H and O–H groups in total. The summed E-state index contributed by atoms with van der Waals surface area (Å²) in [5.41, 5.74) is 6.29. The topological polar surface area (TPSA) is 25.8 Å². The van der Waals surface area contributed by atoms with E-state index in [1.54, 1.807) is 6.20 Å². The highest BCUT2D eigenvalue weighted by Crippen LogP contribution is 2.20. The van der Waals surface area contributed by atoms with Gasteiger partial charge in [0, 0.05) is 0 Å². The Bertz CT molecular complexity index is 987. The Labute approximate surface area is 141 Å². The Kier molecular flexibility index (Phi) is 3.86. The van der Waals surface area contributed by atoms with Gasteiger partial charge in [0.2, 0.25) is 0 Å². The third kappa shape index (κ3) is 3.08. The van der Waals surface area contributed by atoms with E-state index in [4.69, 9.17) is 0 Å². The molecule has 2 nitrogen and oxygen atoms in total. The summed E-state index contributed by atoms with van der Waals surface area (Å²) in [4.78, 5) is 9.04. The van der Waals surface area contributed by atoms with Crippen molar-refractivity contribution in [3.8, 4) is 11.1 Å². The van der Waals surface area contributed by atoms with Crippen molar-refractivity contribution in [1.82, 2.24) is 9.97 Å². The van der Waals surface area contributed by atoms with Crippen molar-refractivity contribution in [1.29, 1.82) is 0 Å². The molecule has 0 spiro atoms. The van der Waals surface area contributed by atoms with Crippen molar-refractivity contribution in [3.63, 3.8) is 0 Å². The van der Waals surface area contributed by atoms with Crippen LogP contribution in [0.4, 0.5) is 0 Å². The minimum Gasteiger partial charge on any atom is -0.252 e. The van der Waals surface area contributed by atoms with Gasteiger partial charge in [0.05, 0.1) is 22.9 Å². The normalized spacial score (nSPS) is 11.2. The van der Waals surface area contributed by atoms with E-state index >= 15 is 0 Å². The maximum Gasteiger partial charge on any atom is 0.0894 e. The van der Waals surface area contributed by atoms with E-state index in [1.807, 2.05) is 36.4 Å². The number of rotatable bonds is 3. The Morgan fingerprint density at radius 2 is 1.25 bits per heavy atom. The number of nitrogens with zero attached hydrogens (tertiary/aromatic N) is 2. The van der Waals surface area contributed by atoms with Gasteiger partial charge in [0.15, 0.2) is 0 Å². The molecule has 0 atom stereocenters. The van der Waals surface area contributed by atoms with Crippen LogP contribution in [-0.2, 0) is 0 Å². The van der Waals surface area contributed by atoms with E-state index in [0.29, 0.717) is 0 Å². The number of para-hydroxylation sites is 2. The molecule has 0 aliphatic rings. The predicted molar refractivity (Wildman–Crippen MR) is 100 cm³/mol. The molecule has 24 heavy (non-hydrogen) atoms. The van der Waals surface area contributed by atoms with Gasteiger partial charge >= 0.3 is 0 Å². The van der Waals surface area contributed by atoms with Crippen LogP contribution in [0.2, 0.25) is 0 Å². The van der Waals surface area contributed by atoms with Gasteiger partial charge in [-0.15, -0.1) is 0 Å². The molecular formula is C22H16N2. The fourth-order valence-electron chi connectivity index (χ4n) is 2.65. The second-order valence-corrected chi connectivity index (χ2v) is 5.60. The molecular weight excluding hydrogens is 292 g/mol. The Morgan fingerprint density at radius 1 is 0.583 bits per heavy atom. The molecule has 4 aromatic rings. The SMILES string of the molecule is C(=C\c1cnc2ccccc2n1)/c1ccc(-c2ccccc2)cc1. The highest BCUT2D eigenvalue weighted by Gasteiger charge is 1.97. The smallest absolute Gasteiger partial charge is 0.0894 e. The second kappa shape index (κ2) is 6.47. The van der Waals surface area contributed by atoms with Crippen molar-refractivity contribution in [2.24, 2.45) is 0 Å². The fraction of sp³-hybridized carbons (Fsp3) is 0. The van der Waals surface area contributed by atoms with E-state index in [-0.39, 0.29) is 0 Å². The van der Waals surface area contributed by atoms with Gasteiger partial charge in [0.25, 0.3) is 0 Å². The third-order valence-corrected chi connectivity index (χ3v) is 3.93. The quantitative estimate of drug-likeness (QED) is 0.501. The Hall–Kier alpha value is -3.26. The van der Waals surface area contributed by atoms with Crippen LogP contribution in [-0.4, -0.2) is 9.97 Å². The average molecular weight is 308 g/mol. The molecule has 0 unspecified atom stereocenters. The molecule has 114 valence electrons. The van der Waals surface area contributed by atoms with Crippen LogP contribution in [0.3, 0.4) is 0 Å². The molecule has 4 rings (SSSR count). The van der Waals surface area contributed by atoms with E-state index < -0.39 is 0 Å². The number of fused-ring (bicyclic) bond motifs is 1. The van der Waals surface area contributed by atoms with Crippen molar-refractivity contribution in [3.05, 3.63) is 96.3 Å². The number of aromatic nitrogens is 2. The zero-order valence-corrected chi connectivity index (χ0v) is 13.1. The molecule has 0 bridgehead atoms. The van der Waals surface area contributed by atoms with Crippen LogP contribution < -0.4 is 0 Å².